The van der Waals surface area contributed by atoms with E-state index in [9.17, 15) is 9.59 Å². The van der Waals surface area contributed by atoms with Crippen molar-refractivity contribution < 1.29 is 9.59 Å². The molecule has 0 saturated carbocycles. The first-order valence-corrected chi connectivity index (χ1v) is 9.66. The second-order valence-corrected chi connectivity index (χ2v) is 8.24. The molecular weight excluding hydrogens is 340 g/mol. The second-order valence-electron chi connectivity index (χ2n) is 6.15. The molecule has 0 radical (unpaired) electrons. The molecule has 0 aromatic carbocycles. The van der Waals surface area contributed by atoms with Crippen LogP contribution in [0.15, 0.2) is 23.6 Å². The van der Waals surface area contributed by atoms with Crippen LogP contribution >= 0.6 is 22.7 Å². The number of nitrogens with one attached hydrogen (secondary N) is 2. The number of thiophene rings is 2. The fourth-order valence-electron chi connectivity index (χ4n) is 2.75. The molecule has 24 heavy (non-hydrogen) atoms. The molecule has 2 N–H and O–H groups in total. The van der Waals surface area contributed by atoms with Crippen LogP contribution in [-0.2, 0) is 17.6 Å². The zero-order chi connectivity index (χ0) is 17.1. The maximum absolute atomic E-state index is 12.2. The first-order chi connectivity index (χ1) is 11.5. The van der Waals surface area contributed by atoms with Gasteiger partial charge in [0, 0.05) is 15.8 Å². The smallest absolute Gasteiger partial charge is 0.268 e. The lowest BCUT2D eigenvalue weighted by Crippen LogP contribution is -2.40. The van der Waals surface area contributed by atoms with E-state index in [1.54, 1.807) is 17.4 Å². The highest BCUT2D eigenvalue weighted by Crippen LogP contribution is 2.32. The Bertz CT molecular complexity index is 789. The molecule has 6 heteroatoms. The zero-order valence-corrected chi connectivity index (χ0v) is 15.4. The number of rotatable bonds is 3. The van der Waals surface area contributed by atoms with Gasteiger partial charge in [0.15, 0.2) is 0 Å². The molecule has 0 unspecified atom stereocenters. The van der Waals surface area contributed by atoms with Gasteiger partial charge in [-0.3, -0.25) is 20.4 Å². The fraction of sp³-hybridized carbons (Fsp3) is 0.333. The van der Waals surface area contributed by atoms with Crippen LogP contribution in [0, 0.1) is 12.8 Å². The lowest BCUT2D eigenvalue weighted by molar-refractivity contribution is -0.117. The van der Waals surface area contributed by atoms with Crippen LogP contribution in [0.4, 0.5) is 0 Å². The second kappa shape index (κ2) is 7.32. The SMILES string of the molecule is Cc1ccsc1/C=C/C(=O)NNC(=O)c1cc2c(s1)CC[C@H](C)C2. The van der Waals surface area contributed by atoms with E-state index in [-0.39, 0.29) is 11.8 Å². The Morgan fingerprint density at radius 2 is 2.17 bits per heavy atom. The maximum atomic E-state index is 12.2. The Kier molecular flexibility index (Phi) is 5.16. The number of hydrogen-bond donors (Lipinski definition) is 2. The van der Waals surface area contributed by atoms with Gasteiger partial charge in [-0.05, 0) is 66.8 Å². The summed E-state index contributed by atoms with van der Waals surface area (Å²) >= 11 is 3.11. The van der Waals surface area contributed by atoms with E-state index < -0.39 is 0 Å². The number of carbonyl (C=O) groups excluding carboxylic acids is 2. The van der Waals surface area contributed by atoms with Gasteiger partial charge in [-0.1, -0.05) is 6.92 Å². The molecule has 4 nitrogen and oxygen atoms in total. The molecule has 126 valence electrons. The third kappa shape index (κ3) is 3.94. The average molecular weight is 361 g/mol. The number of aryl methyl sites for hydroxylation is 2. The Morgan fingerprint density at radius 1 is 1.33 bits per heavy atom. The van der Waals surface area contributed by atoms with Crippen molar-refractivity contribution in [1.82, 2.24) is 10.9 Å². The summed E-state index contributed by atoms with van der Waals surface area (Å²) < 4.78 is 0. The molecule has 0 aliphatic heterocycles. The first-order valence-electron chi connectivity index (χ1n) is 7.97. The molecule has 0 saturated heterocycles. The highest BCUT2D eigenvalue weighted by molar-refractivity contribution is 7.14. The minimum absolute atomic E-state index is 0.254. The molecule has 0 bridgehead atoms. The van der Waals surface area contributed by atoms with Gasteiger partial charge in [0.05, 0.1) is 4.88 Å². The number of fused-ring (bicyclic) bond motifs is 1. The van der Waals surface area contributed by atoms with Gasteiger partial charge in [-0.2, -0.15) is 0 Å². The molecule has 2 aromatic rings. The summed E-state index contributed by atoms with van der Waals surface area (Å²) in [6.45, 7) is 4.23. The maximum Gasteiger partial charge on any atom is 0.279 e. The van der Waals surface area contributed by atoms with E-state index in [0.29, 0.717) is 10.8 Å². The van der Waals surface area contributed by atoms with Crippen molar-refractivity contribution in [2.45, 2.75) is 33.1 Å². The lowest BCUT2D eigenvalue weighted by Gasteiger charge is -2.16. The normalized spacial score (nSPS) is 16.8. The summed E-state index contributed by atoms with van der Waals surface area (Å²) in [5.41, 5.74) is 7.34. The van der Waals surface area contributed by atoms with Gasteiger partial charge in [0.2, 0.25) is 0 Å². The molecule has 1 atom stereocenters. The van der Waals surface area contributed by atoms with Crippen LogP contribution in [0.5, 0.6) is 0 Å². The Morgan fingerprint density at radius 3 is 2.92 bits per heavy atom. The molecule has 1 aliphatic carbocycles. The zero-order valence-electron chi connectivity index (χ0n) is 13.7. The van der Waals surface area contributed by atoms with Crippen LogP contribution in [0.1, 0.15) is 43.9 Å². The monoisotopic (exact) mass is 360 g/mol. The molecule has 0 fully saturated rings. The van der Waals surface area contributed by atoms with E-state index in [0.717, 1.165) is 23.3 Å². The quantitative estimate of drug-likeness (QED) is 0.647. The molecule has 2 amide bonds. The van der Waals surface area contributed by atoms with Gasteiger partial charge in [0.25, 0.3) is 11.8 Å². The van der Waals surface area contributed by atoms with Gasteiger partial charge in [0.1, 0.15) is 0 Å². The molecule has 1 aliphatic rings. The van der Waals surface area contributed by atoms with Crippen molar-refractivity contribution in [3.63, 3.8) is 0 Å². The van der Waals surface area contributed by atoms with Crippen LogP contribution in [-0.4, -0.2) is 11.8 Å². The average Bonchev–Trinajstić information content (AvgIpc) is 3.16. The molecule has 2 aromatic heterocycles. The summed E-state index contributed by atoms with van der Waals surface area (Å²) in [6, 6.07) is 3.96. The molecule has 0 spiro atoms. The van der Waals surface area contributed by atoms with Crippen molar-refractivity contribution in [2.75, 3.05) is 0 Å². The van der Waals surface area contributed by atoms with E-state index in [1.807, 2.05) is 24.4 Å². The lowest BCUT2D eigenvalue weighted by atomic mass is 9.90. The van der Waals surface area contributed by atoms with Crippen molar-refractivity contribution >= 4 is 40.6 Å². The Labute approximate surface area is 149 Å². The summed E-state index contributed by atoms with van der Waals surface area (Å²) in [6.07, 6.45) is 6.45. The third-order valence-electron chi connectivity index (χ3n) is 4.14. The predicted octanol–water partition coefficient (Wildman–Crippen LogP) is 3.72. The highest BCUT2D eigenvalue weighted by Gasteiger charge is 2.20. The summed E-state index contributed by atoms with van der Waals surface area (Å²) in [5.74, 6) is 0.0794. The summed E-state index contributed by atoms with van der Waals surface area (Å²) in [7, 11) is 0. The Balaban J connectivity index is 1.55. The van der Waals surface area contributed by atoms with E-state index in [4.69, 9.17) is 0 Å². The standard InChI is InChI=1S/C18H20N2O2S2/c1-11-3-4-15-13(9-11)10-16(24-15)18(22)20-19-17(21)6-5-14-12(2)7-8-23-14/h5-8,10-11H,3-4,9H2,1-2H3,(H,19,21)(H,20,22)/b6-5+/t11-/m0/s1. The minimum atomic E-state index is -0.342. The number of hydrazine groups is 1. The van der Waals surface area contributed by atoms with Crippen LogP contribution in [0.2, 0.25) is 0 Å². The topological polar surface area (TPSA) is 58.2 Å². The first kappa shape index (κ1) is 16.9. The number of amides is 2. The molecule has 3 rings (SSSR count). The van der Waals surface area contributed by atoms with Crippen LogP contribution in [0.3, 0.4) is 0 Å². The van der Waals surface area contributed by atoms with Gasteiger partial charge in [-0.25, -0.2) is 0 Å². The number of carbonyl (C=O) groups is 2. The minimum Gasteiger partial charge on any atom is -0.268 e. The summed E-state index contributed by atoms with van der Waals surface area (Å²) in [4.78, 5) is 27.0. The summed E-state index contributed by atoms with van der Waals surface area (Å²) in [5, 5.41) is 1.98. The number of hydrogen-bond acceptors (Lipinski definition) is 4. The van der Waals surface area contributed by atoms with Crippen LogP contribution < -0.4 is 10.9 Å². The Hall–Kier alpha value is -1.92. The van der Waals surface area contributed by atoms with E-state index in [1.165, 1.54) is 34.3 Å². The van der Waals surface area contributed by atoms with E-state index in [2.05, 4.69) is 17.8 Å². The van der Waals surface area contributed by atoms with Crippen molar-refractivity contribution in [3.05, 3.63) is 49.3 Å². The van der Waals surface area contributed by atoms with Gasteiger partial charge < -0.3 is 0 Å². The van der Waals surface area contributed by atoms with Crippen molar-refractivity contribution in [1.29, 1.82) is 0 Å². The molecular formula is C18H20N2O2S2. The van der Waals surface area contributed by atoms with E-state index >= 15 is 0 Å². The van der Waals surface area contributed by atoms with Crippen molar-refractivity contribution in [3.8, 4) is 0 Å². The van der Waals surface area contributed by atoms with Gasteiger partial charge in [-0.15, -0.1) is 22.7 Å². The largest absolute Gasteiger partial charge is 0.279 e. The van der Waals surface area contributed by atoms with Gasteiger partial charge >= 0.3 is 0 Å². The highest BCUT2D eigenvalue weighted by atomic mass is 32.1. The third-order valence-corrected chi connectivity index (χ3v) is 6.36. The predicted molar refractivity (Wildman–Crippen MR) is 99.2 cm³/mol. The molecule has 2 heterocycles. The van der Waals surface area contributed by atoms with Crippen LogP contribution in [0.25, 0.3) is 6.08 Å². The fourth-order valence-corrected chi connectivity index (χ4v) is 4.67. The van der Waals surface area contributed by atoms with Crippen molar-refractivity contribution in [2.24, 2.45) is 5.92 Å².